The summed E-state index contributed by atoms with van der Waals surface area (Å²) in [6.45, 7) is 1.89. The fourth-order valence-corrected chi connectivity index (χ4v) is 1.08. The zero-order valence-corrected chi connectivity index (χ0v) is 7.92. The first kappa shape index (κ1) is 10.5. The fourth-order valence-electron chi connectivity index (χ4n) is 1.08. The Morgan fingerprint density at radius 2 is 2.31 bits per heavy atom. The Hall–Kier alpha value is -0.610. The van der Waals surface area contributed by atoms with Crippen LogP contribution in [0.3, 0.4) is 0 Å². The number of hydrogen-bond acceptors (Lipinski definition) is 3. The number of ether oxygens (including phenoxy) is 1. The third-order valence-corrected chi connectivity index (χ3v) is 2.07. The summed E-state index contributed by atoms with van der Waals surface area (Å²) in [4.78, 5) is 11.0. The number of nitrogens with two attached hydrogens (primary N) is 1. The molecule has 0 heterocycles. The van der Waals surface area contributed by atoms with E-state index in [2.05, 4.69) is 5.32 Å². The quantitative estimate of drug-likeness (QED) is 0.545. The summed E-state index contributed by atoms with van der Waals surface area (Å²) in [6, 6.07) is 0. The van der Waals surface area contributed by atoms with Gasteiger partial charge in [-0.1, -0.05) is 12.8 Å². The number of carbonyl (C=O) groups is 1. The van der Waals surface area contributed by atoms with E-state index >= 15 is 0 Å². The first-order chi connectivity index (χ1) is 6.33. The molecule has 0 unspecified atom stereocenters. The lowest BCUT2D eigenvalue weighted by molar-refractivity contribution is -0.125. The molecule has 1 aliphatic carbocycles. The van der Waals surface area contributed by atoms with Gasteiger partial charge < -0.3 is 15.8 Å². The third-order valence-electron chi connectivity index (χ3n) is 2.07. The molecule has 0 saturated heterocycles. The standard InChI is InChI=1S/C9H18N2O2/c10-4-5-11-9(12)7-13-6-3-8-1-2-8/h8H,1-7,10H2,(H,11,12). The molecule has 0 radical (unpaired) electrons. The van der Waals surface area contributed by atoms with Crippen molar-refractivity contribution >= 4 is 5.91 Å². The highest BCUT2D eigenvalue weighted by Crippen LogP contribution is 2.31. The molecule has 0 bridgehead atoms. The van der Waals surface area contributed by atoms with Crippen molar-refractivity contribution < 1.29 is 9.53 Å². The Morgan fingerprint density at radius 1 is 1.54 bits per heavy atom. The number of hydrogen-bond donors (Lipinski definition) is 2. The van der Waals surface area contributed by atoms with Crippen molar-refractivity contribution in [1.29, 1.82) is 0 Å². The number of carbonyl (C=O) groups excluding carboxylic acids is 1. The molecule has 0 aromatic heterocycles. The molecule has 4 nitrogen and oxygen atoms in total. The van der Waals surface area contributed by atoms with Gasteiger partial charge in [0.05, 0.1) is 0 Å². The van der Waals surface area contributed by atoms with Crippen molar-refractivity contribution in [3.63, 3.8) is 0 Å². The first-order valence-electron chi connectivity index (χ1n) is 4.87. The maximum Gasteiger partial charge on any atom is 0.246 e. The molecule has 1 rings (SSSR count). The van der Waals surface area contributed by atoms with Crippen LogP contribution in [0.15, 0.2) is 0 Å². The zero-order valence-electron chi connectivity index (χ0n) is 7.92. The van der Waals surface area contributed by atoms with Crippen molar-refractivity contribution in [2.75, 3.05) is 26.3 Å². The molecule has 4 heteroatoms. The average Bonchev–Trinajstić information content (AvgIpc) is 2.92. The Kier molecular flexibility index (Phi) is 4.78. The third kappa shape index (κ3) is 5.60. The SMILES string of the molecule is NCCNC(=O)COCCC1CC1. The highest BCUT2D eigenvalue weighted by atomic mass is 16.5. The number of amides is 1. The van der Waals surface area contributed by atoms with E-state index in [0.29, 0.717) is 19.7 Å². The monoisotopic (exact) mass is 186 g/mol. The molecule has 0 aromatic carbocycles. The number of nitrogens with one attached hydrogen (secondary N) is 1. The van der Waals surface area contributed by atoms with Crippen LogP contribution in [0.4, 0.5) is 0 Å². The van der Waals surface area contributed by atoms with Gasteiger partial charge in [-0.15, -0.1) is 0 Å². The second-order valence-corrected chi connectivity index (χ2v) is 3.42. The molecule has 1 saturated carbocycles. The van der Waals surface area contributed by atoms with Gasteiger partial charge in [-0.05, 0) is 12.3 Å². The summed E-state index contributed by atoms with van der Waals surface area (Å²) in [7, 11) is 0. The first-order valence-corrected chi connectivity index (χ1v) is 4.87. The largest absolute Gasteiger partial charge is 0.372 e. The zero-order chi connectivity index (χ0) is 9.52. The lowest BCUT2D eigenvalue weighted by Crippen LogP contribution is -2.32. The van der Waals surface area contributed by atoms with Gasteiger partial charge in [0.2, 0.25) is 5.91 Å². The van der Waals surface area contributed by atoms with Crippen molar-refractivity contribution in [3.8, 4) is 0 Å². The van der Waals surface area contributed by atoms with Crippen molar-refractivity contribution in [1.82, 2.24) is 5.32 Å². The van der Waals surface area contributed by atoms with Gasteiger partial charge in [-0.3, -0.25) is 4.79 Å². The van der Waals surface area contributed by atoms with Crippen LogP contribution in [0.1, 0.15) is 19.3 Å². The molecular formula is C9H18N2O2. The highest BCUT2D eigenvalue weighted by Gasteiger charge is 2.20. The smallest absolute Gasteiger partial charge is 0.246 e. The predicted molar refractivity (Wildman–Crippen MR) is 50.2 cm³/mol. The molecule has 76 valence electrons. The summed E-state index contributed by atoms with van der Waals surface area (Å²) in [5.74, 6) is 0.799. The van der Waals surface area contributed by atoms with Crippen LogP contribution >= 0.6 is 0 Å². The molecule has 0 aromatic rings. The van der Waals surface area contributed by atoms with Crippen LogP contribution < -0.4 is 11.1 Å². The fraction of sp³-hybridized carbons (Fsp3) is 0.889. The van der Waals surface area contributed by atoms with Crippen molar-refractivity contribution in [2.24, 2.45) is 11.7 Å². The molecule has 0 aliphatic heterocycles. The van der Waals surface area contributed by atoms with Gasteiger partial charge in [0, 0.05) is 19.7 Å². The van der Waals surface area contributed by atoms with Gasteiger partial charge in [-0.25, -0.2) is 0 Å². The topological polar surface area (TPSA) is 64.3 Å². The maximum absolute atomic E-state index is 11.0. The Labute approximate surface area is 78.8 Å². The van der Waals surface area contributed by atoms with Crippen LogP contribution in [0.2, 0.25) is 0 Å². The minimum absolute atomic E-state index is 0.0683. The second kappa shape index (κ2) is 5.94. The summed E-state index contributed by atoms with van der Waals surface area (Å²) >= 11 is 0. The normalized spacial score (nSPS) is 15.8. The predicted octanol–water partition coefficient (Wildman–Crippen LogP) is -0.122. The van der Waals surface area contributed by atoms with Crippen LogP contribution in [-0.4, -0.2) is 32.2 Å². The van der Waals surface area contributed by atoms with E-state index in [9.17, 15) is 4.79 Å². The van der Waals surface area contributed by atoms with Gasteiger partial charge in [0.15, 0.2) is 0 Å². The van der Waals surface area contributed by atoms with Gasteiger partial charge in [0.1, 0.15) is 6.61 Å². The molecule has 3 N–H and O–H groups in total. The van der Waals surface area contributed by atoms with Gasteiger partial charge in [0.25, 0.3) is 0 Å². The molecule has 0 atom stereocenters. The van der Waals surface area contributed by atoms with E-state index in [1.54, 1.807) is 0 Å². The Bertz CT molecular complexity index is 158. The van der Waals surface area contributed by atoms with E-state index < -0.39 is 0 Å². The molecule has 13 heavy (non-hydrogen) atoms. The summed E-state index contributed by atoms with van der Waals surface area (Å²) in [5, 5.41) is 2.65. The van der Waals surface area contributed by atoms with Crippen LogP contribution in [0, 0.1) is 5.92 Å². The van der Waals surface area contributed by atoms with Crippen LogP contribution in [-0.2, 0) is 9.53 Å². The van der Waals surface area contributed by atoms with Gasteiger partial charge >= 0.3 is 0 Å². The Balaban J connectivity index is 1.82. The molecule has 1 amide bonds. The summed E-state index contributed by atoms with van der Waals surface area (Å²) in [5.41, 5.74) is 5.22. The van der Waals surface area contributed by atoms with Gasteiger partial charge in [-0.2, -0.15) is 0 Å². The van der Waals surface area contributed by atoms with E-state index in [1.165, 1.54) is 12.8 Å². The molecule has 1 aliphatic rings. The summed E-state index contributed by atoms with van der Waals surface area (Å²) in [6.07, 6.45) is 3.77. The second-order valence-electron chi connectivity index (χ2n) is 3.42. The molecule has 0 spiro atoms. The van der Waals surface area contributed by atoms with Crippen LogP contribution in [0.5, 0.6) is 0 Å². The Morgan fingerprint density at radius 3 is 2.92 bits per heavy atom. The van der Waals surface area contributed by atoms with E-state index in [1.807, 2.05) is 0 Å². The number of rotatable bonds is 7. The van der Waals surface area contributed by atoms with Crippen LogP contribution in [0.25, 0.3) is 0 Å². The highest BCUT2D eigenvalue weighted by molar-refractivity contribution is 5.77. The lowest BCUT2D eigenvalue weighted by atomic mass is 10.3. The lowest BCUT2D eigenvalue weighted by Gasteiger charge is -2.04. The van der Waals surface area contributed by atoms with Crippen molar-refractivity contribution in [2.45, 2.75) is 19.3 Å². The summed E-state index contributed by atoms with van der Waals surface area (Å²) < 4.78 is 5.19. The minimum Gasteiger partial charge on any atom is -0.372 e. The maximum atomic E-state index is 11.0. The van der Waals surface area contributed by atoms with E-state index in [0.717, 1.165) is 12.3 Å². The molecule has 1 fully saturated rings. The minimum atomic E-state index is -0.0683. The molecular weight excluding hydrogens is 168 g/mol. The van der Waals surface area contributed by atoms with Crippen molar-refractivity contribution in [3.05, 3.63) is 0 Å². The average molecular weight is 186 g/mol. The van der Waals surface area contributed by atoms with E-state index in [4.69, 9.17) is 10.5 Å². The van der Waals surface area contributed by atoms with E-state index in [-0.39, 0.29) is 12.5 Å².